The van der Waals surface area contributed by atoms with Crippen LogP contribution in [0.3, 0.4) is 0 Å². The molecule has 9 heteroatoms. The SMILES string of the molecule is CC[C@H](C)c1nc2ccc(Br)cc2c(=O)n1N=Cc1cc(Br)c(OCc2ccccc2F)c(Br)c1. The lowest BCUT2D eigenvalue weighted by molar-refractivity contribution is 0.296. The molecule has 0 aliphatic rings. The molecule has 0 saturated carbocycles. The van der Waals surface area contributed by atoms with Crippen LogP contribution in [0.15, 0.2) is 77.9 Å². The average Bonchev–Trinajstić information content (AvgIpc) is 2.83. The van der Waals surface area contributed by atoms with E-state index < -0.39 is 0 Å². The Morgan fingerprint density at radius 2 is 1.83 bits per heavy atom. The van der Waals surface area contributed by atoms with Crippen molar-refractivity contribution >= 4 is 64.9 Å². The van der Waals surface area contributed by atoms with Crippen LogP contribution in [0.1, 0.15) is 43.1 Å². The number of rotatable bonds is 7. The quantitative estimate of drug-likeness (QED) is 0.189. The molecule has 35 heavy (non-hydrogen) atoms. The van der Waals surface area contributed by atoms with Gasteiger partial charge in [-0.15, -0.1) is 0 Å². The van der Waals surface area contributed by atoms with Crippen molar-refractivity contribution in [2.75, 3.05) is 0 Å². The van der Waals surface area contributed by atoms with Crippen LogP contribution in [0.5, 0.6) is 5.75 Å². The van der Waals surface area contributed by atoms with Gasteiger partial charge in [0.25, 0.3) is 5.56 Å². The minimum absolute atomic E-state index is 0.0422. The maximum absolute atomic E-state index is 13.9. The van der Waals surface area contributed by atoms with E-state index in [1.807, 2.05) is 38.1 Å². The second-order valence-corrected chi connectivity index (χ2v) is 10.6. The van der Waals surface area contributed by atoms with E-state index in [1.165, 1.54) is 10.7 Å². The largest absolute Gasteiger partial charge is 0.486 e. The molecule has 0 saturated heterocycles. The van der Waals surface area contributed by atoms with Gasteiger partial charge in [-0.25, -0.2) is 9.37 Å². The predicted molar refractivity (Wildman–Crippen MR) is 148 cm³/mol. The molecule has 0 radical (unpaired) electrons. The standard InChI is InChI=1S/C26H21Br3FN3O2/c1-3-15(2)25-32-23-9-8-18(27)12-19(23)26(34)33(25)31-13-16-10-20(28)24(21(29)11-16)35-14-17-6-4-5-7-22(17)30/h4-13,15H,3,14H2,1-2H3/t15-/m0/s1. The van der Waals surface area contributed by atoms with Crippen molar-refractivity contribution < 1.29 is 9.13 Å². The predicted octanol–water partition coefficient (Wildman–Crippen LogP) is 7.80. The molecule has 0 fully saturated rings. The van der Waals surface area contributed by atoms with E-state index in [4.69, 9.17) is 9.72 Å². The van der Waals surface area contributed by atoms with E-state index in [2.05, 4.69) is 52.9 Å². The number of hydrogen-bond donors (Lipinski definition) is 0. The lowest BCUT2D eigenvalue weighted by Crippen LogP contribution is -2.23. The van der Waals surface area contributed by atoms with Gasteiger partial charge in [-0.05, 0) is 80.2 Å². The van der Waals surface area contributed by atoms with Gasteiger partial charge in [0.15, 0.2) is 0 Å². The number of aromatic nitrogens is 2. The van der Waals surface area contributed by atoms with Gasteiger partial charge in [-0.2, -0.15) is 9.78 Å². The van der Waals surface area contributed by atoms with Crippen molar-refractivity contribution in [1.29, 1.82) is 0 Å². The van der Waals surface area contributed by atoms with Crippen molar-refractivity contribution in [1.82, 2.24) is 9.66 Å². The highest BCUT2D eigenvalue weighted by molar-refractivity contribution is 9.11. The van der Waals surface area contributed by atoms with Gasteiger partial charge in [0.05, 0.1) is 26.1 Å². The molecule has 1 aromatic heterocycles. The fraction of sp³-hybridized carbons (Fsp3) is 0.192. The van der Waals surface area contributed by atoms with Crippen LogP contribution < -0.4 is 10.3 Å². The smallest absolute Gasteiger partial charge is 0.282 e. The molecule has 4 aromatic rings. The first kappa shape index (κ1) is 25.7. The summed E-state index contributed by atoms with van der Waals surface area (Å²) in [6, 6.07) is 15.6. The van der Waals surface area contributed by atoms with Crippen molar-refractivity contribution in [3.63, 3.8) is 0 Å². The molecular formula is C26H21Br3FN3O2. The summed E-state index contributed by atoms with van der Waals surface area (Å²) in [6.45, 7) is 4.15. The molecule has 0 spiro atoms. The van der Waals surface area contributed by atoms with Crippen LogP contribution >= 0.6 is 47.8 Å². The summed E-state index contributed by atoms with van der Waals surface area (Å²) in [5, 5.41) is 5.00. The molecule has 0 N–H and O–H groups in total. The third-order valence-corrected chi connectivity index (χ3v) is 7.23. The maximum atomic E-state index is 13.9. The second kappa shape index (κ2) is 11.1. The molecule has 1 heterocycles. The summed E-state index contributed by atoms with van der Waals surface area (Å²) < 4.78 is 23.3. The number of fused-ring (bicyclic) bond motifs is 1. The Kier molecular flexibility index (Phi) is 8.19. The molecule has 0 amide bonds. The van der Waals surface area contributed by atoms with Crippen LogP contribution in [0.2, 0.25) is 0 Å². The minimum atomic E-state index is -0.318. The zero-order valence-corrected chi connectivity index (χ0v) is 23.7. The minimum Gasteiger partial charge on any atom is -0.486 e. The normalized spacial score (nSPS) is 12.4. The maximum Gasteiger partial charge on any atom is 0.282 e. The number of nitrogens with zero attached hydrogens (tertiary/aromatic N) is 3. The fourth-order valence-corrected chi connectivity index (χ4v) is 5.27. The van der Waals surface area contributed by atoms with Gasteiger partial charge in [0, 0.05) is 16.0 Å². The Balaban J connectivity index is 1.68. The Morgan fingerprint density at radius 3 is 2.51 bits per heavy atom. The average molecular weight is 666 g/mol. The van der Waals surface area contributed by atoms with E-state index >= 15 is 0 Å². The Hall–Kier alpha value is -2.36. The summed E-state index contributed by atoms with van der Waals surface area (Å²) in [7, 11) is 0. The van der Waals surface area contributed by atoms with E-state index in [9.17, 15) is 9.18 Å². The highest BCUT2D eigenvalue weighted by atomic mass is 79.9. The summed E-state index contributed by atoms with van der Waals surface area (Å²) in [4.78, 5) is 18.0. The summed E-state index contributed by atoms with van der Waals surface area (Å²) >= 11 is 10.5. The van der Waals surface area contributed by atoms with Crippen molar-refractivity contribution in [2.24, 2.45) is 5.10 Å². The Morgan fingerprint density at radius 1 is 1.11 bits per heavy atom. The lowest BCUT2D eigenvalue weighted by Gasteiger charge is -2.14. The van der Waals surface area contributed by atoms with Crippen molar-refractivity contribution in [2.45, 2.75) is 32.8 Å². The molecule has 3 aromatic carbocycles. The molecule has 180 valence electrons. The number of ether oxygens (including phenoxy) is 1. The van der Waals surface area contributed by atoms with Gasteiger partial charge in [-0.3, -0.25) is 4.79 Å². The van der Waals surface area contributed by atoms with E-state index in [1.54, 1.807) is 30.5 Å². The highest BCUT2D eigenvalue weighted by Crippen LogP contribution is 2.35. The number of hydrogen-bond acceptors (Lipinski definition) is 4. The topological polar surface area (TPSA) is 56.5 Å². The fourth-order valence-electron chi connectivity index (χ4n) is 3.46. The first-order chi connectivity index (χ1) is 16.8. The summed E-state index contributed by atoms with van der Waals surface area (Å²) in [5.74, 6) is 0.870. The van der Waals surface area contributed by atoms with Gasteiger partial charge in [-0.1, -0.05) is 48.0 Å². The van der Waals surface area contributed by atoms with Crippen LogP contribution in [-0.2, 0) is 6.61 Å². The molecule has 0 aliphatic heterocycles. The van der Waals surface area contributed by atoms with Crippen LogP contribution in [0.25, 0.3) is 10.9 Å². The molecule has 1 atom stereocenters. The number of benzene rings is 3. The van der Waals surface area contributed by atoms with Crippen LogP contribution in [-0.4, -0.2) is 15.9 Å². The highest BCUT2D eigenvalue weighted by Gasteiger charge is 2.16. The molecule has 0 bridgehead atoms. The van der Waals surface area contributed by atoms with Gasteiger partial charge >= 0.3 is 0 Å². The molecule has 4 rings (SSSR count). The third-order valence-electron chi connectivity index (χ3n) is 5.56. The van der Waals surface area contributed by atoms with Crippen molar-refractivity contribution in [3.8, 4) is 5.75 Å². The van der Waals surface area contributed by atoms with Crippen LogP contribution in [0.4, 0.5) is 4.39 Å². The Bertz CT molecular complexity index is 1460. The molecular weight excluding hydrogens is 645 g/mol. The van der Waals surface area contributed by atoms with Crippen LogP contribution in [0, 0.1) is 5.82 Å². The van der Waals surface area contributed by atoms with E-state index in [-0.39, 0.29) is 23.9 Å². The Labute approximate surface area is 227 Å². The van der Waals surface area contributed by atoms with E-state index in [0.717, 1.165) is 16.5 Å². The molecule has 0 unspecified atom stereocenters. The third kappa shape index (κ3) is 5.73. The zero-order valence-electron chi connectivity index (χ0n) is 18.9. The van der Waals surface area contributed by atoms with Gasteiger partial charge in [0.1, 0.15) is 24.0 Å². The van der Waals surface area contributed by atoms with Crippen molar-refractivity contribution in [3.05, 3.63) is 101 Å². The lowest BCUT2D eigenvalue weighted by atomic mass is 10.1. The van der Waals surface area contributed by atoms with E-state index in [0.29, 0.717) is 37.0 Å². The number of halogens is 4. The molecule has 5 nitrogen and oxygen atoms in total. The molecule has 0 aliphatic carbocycles. The first-order valence-corrected chi connectivity index (χ1v) is 13.3. The summed E-state index contributed by atoms with van der Waals surface area (Å²) in [6.07, 6.45) is 2.42. The first-order valence-electron chi connectivity index (χ1n) is 10.9. The monoisotopic (exact) mass is 663 g/mol. The zero-order chi connectivity index (χ0) is 25.1. The summed E-state index contributed by atoms with van der Waals surface area (Å²) in [5.41, 5.74) is 1.61. The van der Waals surface area contributed by atoms with Gasteiger partial charge in [0.2, 0.25) is 0 Å². The second-order valence-electron chi connectivity index (χ2n) is 8.00. The van der Waals surface area contributed by atoms with Gasteiger partial charge < -0.3 is 4.74 Å².